The Kier molecular flexibility index (Phi) is 3.92. The monoisotopic (exact) mass is 281 g/mol. The van der Waals surface area contributed by atoms with E-state index in [9.17, 15) is 4.39 Å². The van der Waals surface area contributed by atoms with Crippen molar-refractivity contribution in [3.05, 3.63) is 51.6 Å². The third kappa shape index (κ3) is 2.96. The predicted molar refractivity (Wildman–Crippen MR) is 74.7 cm³/mol. The van der Waals surface area contributed by atoms with Crippen LogP contribution < -0.4 is 5.73 Å². The zero-order valence-electron chi connectivity index (χ0n) is 11.2. The Morgan fingerprint density at radius 2 is 2.05 bits per heavy atom. The van der Waals surface area contributed by atoms with Gasteiger partial charge in [0.15, 0.2) is 0 Å². The number of hydrogen-bond acceptors (Lipinski definition) is 2. The van der Waals surface area contributed by atoms with E-state index in [-0.39, 0.29) is 11.9 Å². The Labute approximate surface area is 117 Å². The summed E-state index contributed by atoms with van der Waals surface area (Å²) in [7, 11) is 1.83. The molecule has 1 atom stereocenters. The average molecular weight is 282 g/mol. The molecule has 0 aliphatic rings. The van der Waals surface area contributed by atoms with Crippen molar-refractivity contribution in [2.75, 3.05) is 0 Å². The van der Waals surface area contributed by atoms with Crippen molar-refractivity contribution in [3.8, 4) is 0 Å². The van der Waals surface area contributed by atoms with E-state index in [0.717, 1.165) is 22.5 Å². The lowest BCUT2D eigenvalue weighted by atomic mass is 10.0. The predicted octanol–water partition coefficient (Wildman–Crippen LogP) is 3.07. The number of aromatic nitrogens is 2. The van der Waals surface area contributed by atoms with Gasteiger partial charge in [-0.1, -0.05) is 17.7 Å². The summed E-state index contributed by atoms with van der Waals surface area (Å²) in [5.41, 5.74) is 9.42. The molecule has 0 amide bonds. The second-order valence-corrected chi connectivity index (χ2v) is 5.22. The van der Waals surface area contributed by atoms with Crippen LogP contribution in [0.1, 0.15) is 28.6 Å². The molecule has 0 spiro atoms. The molecule has 2 N–H and O–H groups in total. The Bertz CT molecular complexity index is 587. The van der Waals surface area contributed by atoms with Crippen molar-refractivity contribution in [1.29, 1.82) is 0 Å². The second kappa shape index (κ2) is 5.31. The molecule has 0 saturated heterocycles. The molecule has 5 heteroatoms. The molecule has 19 heavy (non-hydrogen) atoms. The molecular formula is C14H17ClFN3. The molecule has 0 bridgehead atoms. The van der Waals surface area contributed by atoms with Gasteiger partial charge in [-0.15, -0.1) is 0 Å². The maximum Gasteiger partial charge on any atom is 0.123 e. The van der Waals surface area contributed by atoms with Crippen molar-refractivity contribution >= 4 is 11.6 Å². The van der Waals surface area contributed by atoms with E-state index in [1.807, 2.05) is 27.0 Å². The molecule has 0 radical (unpaired) electrons. The van der Waals surface area contributed by atoms with E-state index in [2.05, 4.69) is 5.10 Å². The largest absolute Gasteiger partial charge is 0.324 e. The number of aryl methyl sites for hydroxylation is 3. The van der Waals surface area contributed by atoms with Crippen LogP contribution in [0.25, 0.3) is 0 Å². The Balaban J connectivity index is 2.27. The summed E-state index contributed by atoms with van der Waals surface area (Å²) >= 11 is 6.20. The SMILES string of the molecule is Cc1cc(F)cc(C(N)Cc2c(Cl)c(C)nn2C)c1. The number of halogens is 2. The van der Waals surface area contributed by atoms with Gasteiger partial charge in [0, 0.05) is 19.5 Å². The summed E-state index contributed by atoms with van der Waals surface area (Å²) in [6.45, 7) is 3.70. The first-order valence-corrected chi connectivity index (χ1v) is 6.47. The molecule has 1 aromatic heterocycles. The molecule has 1 unspecified atom stereocenters. The first kappa shape index (κ1) is 14.0. The summed E-state index contributed by atoms with van der Waals surface area (Å²) in [6, 6.07) is 4.54. The third-order valence-electron chi connectivity index (χ3n) is 3.17. The molecule has 1 heterocycles. The van der Waals surface area contributed by atoms with Gasteiger partial charge in [0.05, 0.1) is 16.4 Å². The van der Waals surface area contributed by atoms with Crippen LogP contribution in [0.5, 0.6) is 0 Å². The lowest BCUT2D eigenvalue weighted by Gasteiger charge is -2.13. The molecule has 0 saturated carbocycles. The molecule has 102 valence electrons. The van der Waals surface area contributed by atoms with Crippen LogP contribution >= 0.6 is 11.6 Å². The van der Waals surface area contributed by atoms with Crippen molar-refractivity contribution in [3.63, 3.8) is 0 Å². The molecule has 1 aromatic carbocycles. The lowest BCUT2D eigenvalue weighted by Crippen LogP contribution is -2.16. The first-order chi connectivity index (χ1) is 8.88. The minimum Gasteiger partial charge on any atom is -0.324 e. The van der Waals surface area contributed by atoms with Crippen LogP contribution in [0.4, 0.5) is 4.39 Å². The Morgan fingerprint density at radius 1 is 1.37 bits per heavy atom. The average Bonchev–Trinajstić information content (AvgIpc) is 2.54. The highest BCUT2D eigenvalue weighted by Crippen LogP contribution is 2.25. The fourth-order valence-corrected chi connectivity index (χ4v) is 2.44. The van der Waals surface area contributed by atoms with Crippen LogP contribution in [0.2, 0.25) is 5.02 Å². The zero-order chi connectivity index (χ0) is 14.2. The topological polar surface area (TPSA) is 43.8 Å². The van der Waals surface area contributed by atoms with E-state index in [1.165, 1.54) is 12.1 Å². The summed E-state index contributed by atoms with van der Waals surface area (Å²) in [5, 5.41) is 4.88. The molecular weight excluding hydrogens is 265 g/mol. The normalized spacial score (nSPS) is 12.7. The first-order valence-electron chi connectivity index (χ1n) is 6.09. The fraction of sp³-hybridized carbons (Fsp3) is 0.357. The van der Waals surface area contributed by atoms with E-state index in [4.69, 9.17) is 17.3 Å². The van der Waals surface area contributed by atoms with Crippen molar-refractivity contribution in [2.45, 2.75) is 26.3 Å². The molecule has 0 fully saturated rings. The summed E-state index contributed by atoms with van der Waals surface area (Å²) < 4.78 is 15.1. The van der Waals surface area contributed by atoms with Gasteiger partial charge in [0.25, 0.3) is 0 Å². The van der Waals surface area contributed by atoms with Crippen LogP contribution in [-0.2, 0) is 13.5 Å². The van der Waals surface area contributed by atoms with E-state index in [0.29, 0.717) is 11.4 Å². The molecule has 2 aromatic rings. The fourth-order valence-electron chi connectivity index (χ4n) is 2.21. The Hall–Kier alpha value is -1.39. The van der Waals surface area contributed by atoms with Crippen LogP contribution in [-0.4, -0.2) is 9.78 Å². The molecule has 2 rings (SSSR count). The Morgan fingerprint density at radius 3 is 2.58 bits per heavy atom. The van der Waals surface area contributed by atoms with Crippen LogP contribution in [0, 0.1) is 19.7 Å². The maximum absolute atomic E-state index is 13.4. The van der Waals surface area contributed by atoms with Crippen molar-refractivity contribution in [2.24, 2.45) is 12.8 Å². The standard InChI is InChI=1S/C14H17ClFN3/c1-8-4-10(6-11(16)5-8)12(17)7-13-14(15)9(2)18-19(13)3/h4-6,12H,7,17H2,1-3H3. The highest BCUT2D eigenvalue weighted by molar-refractivity contribution is 6.31. The van der Waals surface area contributed by atoms with Gasteiger partial charge >= 0.3 is 0 Å². The maximum atomic E-state index is 13.4. The number of rotatable bonds is 3. The van der Waals surface area contributed by atoms with E-state index < -0.39 is 0 Å². The van der Waals surface area contributed by atoms with Crippen LogP contribution in [0.15, 0.2) is 18.2 Å². The van der Waals surface area contributed by atoms with Gasteiger partial charge in [-0.2, -0.15) is 5.10 Å². The van der Waals surface area contributed by atoms with Crippen LogP contribution in [0.3, 0.4) is 0 Å². The summed E-state index contributed by atoms with van der Waals surface area (Å²) in [6.07, 6.45) is 0.527. The van der Waals surface area contributed by atoms with Gasteiger partial charge in [-0.25, -0.2) is 4.39 Å². The summed E-state index contributed by atoms with van der Waals surface area (Å²) in [5.74, 6) is -0.266. The lowest BCUT2D eigenvalue weighted by molar-refractivity contribution is 0.609. The number of nitrogens with two attached hydrogens (primary N) is 1. The minimum absolute atomic E-state index is 0.266. The highest BCUT2D eigenvalue weighted by Gasteiger charge is 2.16. The van der Waals surface area contributed by atoms with Gasteiger partial charge < -0.3 is 5.73 Å². The van der Waals surface area contributed by atoms with Crippen molar-refractivity contribution in [1.82, 2.24) is 9.78 Å². The van der Waals surface area contributed by atoms with Gasteiger partial charge in [-0.05, 0) is 37.1 Å². The smallest absolute Gasteiger partial charge is 0.123 e. The van der Waals surface area contributed by atoms with Gasteiger partial charge in [-0.3, -0.25) is 4.68 Å². The van der Waals surface area contributed by atoms with E-state index >= 15 is 0 Å². The minimum atomic E-state index is -0.304. The number of nitrogens with zero attached hydrogens (tertiary/aromatic N) is 2. The highest BCUT2D eigenvalue weighted by atomic mass is 35.5. The quantitative estimate of drug-likeness (QED) is 0.940. The molecule has 3 nitrogen and oxygen atoms in total. The van der Waals surface area contributed by atoms with E-state index in [1.54, 1.807) is 4.68 Å². The van der Waals surface area contributed by atoms with Gasteiger partial charge in [0.2, 0.25) is 0 Å². The summed E-state index contributed by atoms with van der Waals surface area (Å²) in [4.78, 5) is 0. The van der Waals surface area contributed by atoms with Gasteiger partial charge in [0.1, 0.15) is 5.82 Å². The zero-order valence-corrected chi connectivity index (χ0v) is 12.0. The number of hydrogen-bond donors (Lipinski definition) is 1. The second-order valence-electron chi connectivity index (χ2n) is 4.84. The third-order valence-corrected chi connectivity index (χ3v) is 3.66. The molecule has 0 aliphatic carbocycles. The van der Waals surface area contributed by atoms with Crippen molar-refractivity contribution < 1.29 is 4.39 Å². The molecule has 0 aliphatic heterocycles. The number of benzene rings is 1.